The Morgan fingerprint density at radius 2 is 0.625 bits per heavy atom. The lowest BCUT2D eigenvalue weighted by molar-refractivity contribution is 0.418. The highest BCUT2D eigenvalue weighted by molar-refractivity contribution is 7.27. The van der Waals surface area contributed by atoms with Crippen LogP contribution >= 0.6 is 45.3 Å². The summed E-state index contributed by atoms with van der Waals surface area (Å²) in [6, 6.07) is 62.3. The van der Waals surface area contributed by atoms with Crippen LogP contribution in [-0.2, 0) is 10.8 Å². The van der Waals surface area contributed by atoms with Crippen molar-refractivity contribution >= 4 is 65.5 Å². The number of hydrogen-bond donors (Lipinski definition) is 0. The van der Waals surface area contributed by atoms with Crippen LogP contribution in [0.25, 0.3) is 39.7 Å². The van der Waals surface area contributed by atoms with Gasteiger partial charge < -0.3 is 9.47 Å². The van der Waals surface area contributed by atoms with Crippen molar-refractivity contribution in [3.8, 4) is 42.5 Å². The third-order valence-corrected chi connectivity index (χ3v) is 17.0. The molecule has 2 spiro atoms. The van der Waals surface area contributed by atoms with Crippen molar-refractivity contribution in [2.24, 2.45) is 0 Å². The van der Waals surface area contributed by atoms with Crippen LogP contribution in [-0.4, -0.2) is 0 Å². The minimum Gasteiger partial charge on any atom is -0.457 e. The molecule has 13 rings (SSSR count). The average Bonchev–Trinajstić information content (AvgIpc) is 4.07. The molecule has 0 saturated heterocycles. The molecular formula is C50H28O2S4. The summed E-state index contributed by atoms with van der Waals surface area (Å²) in [6.07, 6.45) is 0. The van der Waals surface area contributed by atoms with E-state index in [9.17, 15) is 0 Å². The fraction of sp³-hybridized carbons (Fsp3) is 0.0400. The second-order valence-electron chi connectivity index (χ2n) is 14.7. The topological polar surface area (TPSA) is 18.5 Å². The Labute approximate surface area is 339 Å². The van der Waals surface area contributed by atoms with Gasteiger partial charge in [0.2, 0.25) is 0 Å². The lowest BCUT2D eigenvalue weighted by Crippen LogP contribution is -2.45. The maximum atomic E-state index is 6.84. The highest BCUT2D eigenvalue weighted by Gasteiger charge is 2.61. The second-order valence-corrected chi connectivity index (χ2v) is 19.0. The molecule has 4 aromatic heterocycles. The maximum Gasteiger partial charge on any atom is 0.132 e. The maximum absolute atomic E-state index is 6.84. The molecule has 6 heteroatoms. The number of rotatable bonds is 2. The number of thiophene rings is 4. The number of benzene rings is 6. The first-order valence-electron chi connectivity index (χ1n) is 18.7. The molecule has 2 nitrogen and oxygen atoms in total. The molecular weight excluding hydrogens is 761 g/mol. The molecule has 2 aliphatic heterocycles. The van der Waals surface area contributed by atoms with Crippen molar-refractivity contribution in [3.05, 3.63) is 213 Å². The minimum absolute atomic E-state index is 0.644. The largest absolute Gasteiger partial charge is 0.457 e. The first-order valence-corrected chi connectivity index (χ1v) is 22.0. The van der Waals surface area contributed by atoms with E-state index in [1.54, 1.807) is 0 Å². The Hall–Kier alpha value is -5.76. The monoisotopic (exact) mass is 788 g/mol. The van der Waals surface area contributed by atoms with Crippen molar-refractivity contribution in [2.45, 2.75) is 10.8 Å². The highest BCUT2D eigenvalue weighted by Crippen LogP contribution is 2.70. The standard InChI is InChI=1S/C50H28O2S4/c1-11-23-41-29(13-1)25-43(53-41)45-27-35-47(55-45)50(33-17-5-9-21-39(33)52-40-22-10-6-18-34(40)50)36-28-46(44-26-30-14-2-12-24-42(30)54-44)56-48(36)49(35)31-15-3-7-19-37(31)51-38-20-8-4-16-32(38)49/h1-28H. The van der Waals surface area contributed by atoms with Gasteiger partial charge in [0.15, 0.2) is 0 Å². The zero-order chi connectivity index (χ0) is 36.6. The van der Waals surface area contributed by atoms with Crippen LogP contribution in [0.5, 0.6) is 23.0 Å². The minimum atomic E-state index is -0.644. The molecule has 0 atom stereocenters. The summed E-state index contributed by atoms with van der Waals surface area (Å²) in [5.41, 5.74) is 6.03. The summed E-state index contributed by atoms with van der Waals surface area (Å²) in [5, 5.41) is 2.55. The molecule has 0 amide bonds. The molecule has 1 aliphatic carbocycles. The molecule has 6 aromatic carbocycles. The van der Waals surface area contributed by atoms with Crippen molar-refractivity contribution in [2.75, 3.05) is 0 Å². The van der Waals surface area contributed by atoms with Gasteiger partial charge in [-0.05, 0) is 82.6 Å². The van der Waals surface area contributed by atoms with E-state index in [-0.39, 0.29) is 0 Å². The molecule has 0 unspecified atom stereocenters. The first kappa shape index (κ1) is 31.4. The zero-order valence-corrected chi connectivity index (χ0v) is 32.9. The predicted octanol–water partition coefficient (Wildman–Crippen LogP) is 14.9. The molecule has 0 saturated carbocycles. The van der Waals surface area contributed by atoms with Gasteiger partial charge >= 0.3 is 0 Å². The lowest BCUT2D eigenvalue weighted by atomic mass is 9.54. The van der Waals surface area contributed by atoms with Gasteiger partial charge in [0.1, 0.15) is 23.0 Å². The lowest BCUT2D eigenvalue weighted by Gasteiger charge is -2.50. The summed E-state index contributed by atoms with van der Waals surface area (Å²) >= 11 is 7.65. The van der Waals surface area contributed by atoms with Crippen LogP contribution in [0.3, 0.4) is 0 Å². The molecule has 0 fully saturated rings. The Morgan fingerprint density at radius 3 is 1.00 bits per heavy atom. The van der Waals surface area contributed by atoms with Crippen LogP contribution in [0.15, 0.2) is 170 Å². The zero-order valence-electron chi connectivity index (χ0n) is 29.6. The van der Waals surface area contributed by atoms with Gasteiger partial charge in [-0.15, -0.1) is 45.3 Å². The van der Waals surface area contributed by atoms with Crippen molar-refractivity contribution < 1.29 is 9.47 Å². The van der Waals surface area contributed by atoms with Crippen LogP contribution in [0.1, 0.15) is 43.1 Å². The fourth-order valence-electron chi connectivity index (χ4n) is 9.65. The Morgan fingerprint density at radius 1 is 0.304 bits per heavy atom. The molecule has 56 heavy (non-hydrogen) atoms. The Balaban J connectivity index is 1.24. The molecule has 264 valence electrons. The van der Waals surface area contributed by atoms with E-state index in [0.717, 1.165) is 23.0 Å². The third-order valence-electron chi connectivity index (χ3n) is 11.9. The average molecular weight is 789 g/mol. The van der Waals surface area contributed by atoms with E-state index < -0.39 is 10.8 Å². The molecule has 10 aromatic rings. The van der Waals surface area contributed by atoms with Gasteiger partial charge in [0.05, 0.1) is 10.8 Å². The number of hydrogen-bond acceptors (Lipinski definition) is 6. The number of ether oxygens (including phenoxy) is 2. The second kappa shape index (κ2) is 11.4. The Kier molecular flexibility index (Phi) is 6.40. The van der Waals surface area contributed by atoms with Gasteiger partial charge in [-0.3, -0.25) is 0 Å². The van der Waals surface area contributed by atoms with E-state index in [2.05, 4.69) is 170 Å². The van der Waals surface area contributed by atoms with Crippen molar-refractivity contribution in [1.82, 2.24) is 0 Å². The summed E-state index contributed by atoms with van der Waals surface area (Å²) in [7, 11) is 0. The van der Waals surface area contributed by atoms with Gasteiger partial charge in [-0.1, -0.05) is 109 Å². The quantitative estimate of drug-likeness (QED) is 0.174. The normalized spacial score (nSPS) is 15.0. The van der Waals surface area contributed by atoms with Crippen LogP contribution in [0.2, 0.25) is 0 Å². The van der Waals surface area contributed by atoms with Crippen LogP contribution in [0.4, 0.5) is 0 Å². The third kappa shape index (κ3) is 3.99. The Bertz CT molecular complexity index is 2820. The summed E-state index contributed by atoms with van der Waals surface area (Å²) in [6.45, 7) is 0. The van der Waals surface area contributed by atoms with Gasteiger partial charge in [-0.25, -0.2) is 0 Å². The van der Waals surface area contributed by atoms with E-state index in [1.807, 2.05) is 45.3 Å². The SMILES string of the molecule is c1ccc2c(c1)Oc1ccccc1C21c2cc(-c3cc4ccccc4s3)sc2C2(c3ccccc3Oc3ccccc32)c2cc(-c3cc4ccccc4s3)sc21. The van der Waals surface area contributed by atoms with E-state index in [0.29, 0.717) is 0 Å². The van der Waals surface area contributed by atoms with E-state index >= 15 is 0 Å². The summed E-state index contributed by atoms with van der Waals surface area (Å²) < 4.78 is 16.3. The predicted molar refractivity (Wildman–Crippen MR) is 234 cm³/mol. The molecule has 3 aliphatic rings. The van der Waals surface area contributed by atoms with Gasteiger partial charge in [-0.2, -0.15) is 0 Å². The highest BCUT2D eigenvalue weighted by atomic mass is 32.1. The molecule has 0 bridgehead atoms. The molecule has 0 N–H and O–H groups in total. The summed E-state index contributed by atoms with van der Waals surface area (Å²) in [5.74, 6) is 3.60. The van der Waals surface area contributed by atoms with Gasteiger partial charge in [0, 0.05) is 60.9 Å². The van der Waals surface area contributed by atoms with E-state index in [1.165, 1.54) is 82.8 Å². The fourth-order valence-corrected chi connectivity index (χ4v) is 14.8. The van der Waals surface area contributed by atoms with Gasteiger partial charge in [0.25, 0.3) is 0 Å². The van der Waals surface area contributed by atoms with Crippen molar-refractivity contribution in [3.63, 3.8) is 0 Å². The molecule has 0 radical (unpaired) electrons. The van der Waals surface area contributed by atoms with E-state index in [4.69, 9.17) is 9.47 Å². The smallest absolute Gasteiger partial charge is 0.132 e. The van der Waals surface area contributed by atoms with Crippen LogP contribution in [0, 0.1) is 0 Å². The first-order chi connectivity index (χ1) is 27.7. The molecule has 6 heterocycles. The number of fused-ring (bicyclic) bond motifs is 16. The number of para-hydroxylation sites is 4. The van der Waals surface area contributed by atoms with Crippen LogP contribution < -0.4 is 9.47 Å². The van der Waals surface area contributed by atoms with Crippen molar-refractivity contribution in [1.29, 1.82) is 0 Å². The summed E-state index contributed by atoms with van der Waals surface area (Å²) in [4.78, 5) is 7.77.